The van der Waals surface area contributed by atoms with Crippen molar-refractivity contribution in [2.24, 2.45) is 0 Å². The summed E-state index contributed by atoms with van der Waals surface area (Å²) in [6.45, 7) is 2.84. The predicted octanol–water partition coefficient (Wildman–Crippen LogP) is 1.72. The van der Waals surface area contributed by atoms with Gasteiger partial charge in [0.1, 0.15) is 11.5 Å². The summed E-state index contributed by atoms with van der Waals surface area (Å²) in [6, 6.07) is 7.92. The van der Waals surface area contributed by atoms with Crippen LogP contribution in [0.15, 0.2) is 34.9 Å². The Kier molecular flexibility index (Phi) is 4.50. The minimum atomic E-state index is -0.260. The Balaban J connectivity index is 1.54. The summed E-state index contributed by atoms with van der Waals surface area (Å²) in [4.78, 5) is 26.2. The molecule has 0 aliphatic carbocycles. The largest absolute Gasteiger partial charge is 0.508 e. The molecule has 1 aliphatic rings. The van der Waals surface area contributed by atoms with Gasteiger partial charge in [0.25, 0.3) is 11.8 Å². The molecule has 0 atom stereocenters. The van der Waals surface area contributed by atoms with Crippen molar-refractivity contribution in [3.8, 4) is 5.75 Å². The van der Waals surface area contributed by atoms with E-state index in [4.69, 9.17) is 4.52 Å². The van der Waals surface area contributed by atoms with E-state index in [-0.39, 0.29) is 29.3 Å². The third kappa shape index (κ3) is 3.56. The van der Waals surface area contributed by atoms with Crippen molar-refractivity contribution in [1.82, 2.24) is 15.4 Å². The van der Waals surface area contributed by atoms with Crippen LogP contribution in [0.1, 0.15) is 39.4 Å². The van der Waals surface area contributed by atoms with E-state index in [1.54, 1.807) is 30.0 Å². The first-order chi connectivity index (χ1) is 11.5. The summed E-state index contributed by atoms with van der Waals surface area (Å²) in [5.74, 6) is 0.296. The van der Waals surface area contributed by atoms with Gasteiger partial charge in [-0.1, -0.05) is 11.2 Å². The number of likely N-dealkylation sites (tertiary alicyclic amines) is 1. The molecule has 24 heavy (non-hydrogen) atoms. The summed E-state index contributed by atoms with van der Waals surface area (Å²) < 4.78 is 4.90. The normalized spacial score (nSPS) is 15.3. The van der Waals surface area contributed by atoms with Crippen LogP contribution in [0.2, 0.25) is 0 Å². The zero-order chi connectivity index (χ0) is 17.1. The zero-order valence-electron chi connectivity index (χ0n) is 13.4. The Morgan fingerprint density at radius 1 is 1.29 bits per heavy atom. The first kappa shape index (κ1) is 16.0. The topological polar surface area (TPSA) is 95.7 Å². The molecule has 1 saturated heterocycles. The van der Waals surface area contributed by atoms with Crippen LogP contribution in [0.25, 0.3) is 0 Å². The molecule has 126 valence electrons. The lowest BCUT2D eigenvalue weighted by Gasteiger charge is -2.32. The van der Waals surface area contributed by atoms with Crippen molar-refractivity contribution in [3.05, 3.63) is 47.3 Å². The van der Waals surface area contributed by atoms with Gasteiger partial charge in [0.05, 0.1) is 0 Å². The van der Waals surface area contributed by atoms with Crippen LogP contribution < -0.4 is 5.32 Å². The molecule has 2 N–H and O–H groups in total. The van der Waals surface area contributed by atoms with Crippen molar-refractivity contribution in [2.75, 3.05) is 13.1 Å². The van der Waals surface area contributed by atoms with Crippen LogP contribution in [0.4, 0.5) is 0 Å². The lowest BCUT2D eigenvalue weighted by atomic mass is 10.0. The van der Waals surface area contributed by atoms with Crippen LogP contribution in [0, 0.1) is 6.92 Å². The number of aromatic hydroxyl groups is 1. The smallest absolute Gasteiger partial charge is 0.273 e. The van der Waals surface area contributed by atoms with Gasteiger partial charge >= 0.3 is 0 Å². The van der Waals surface area contributed by atoms with Crippen molar-refractivity contribution in [2.45, 2.75) is 25.8 Å². The van der Waals surface area contributed by atoms with Gasteiger partial charge in [-0.05, 0) is 38.0 Å². The number of carbonyl (C=O) groups is 2. The van der Waals surface area contributed by atoms with E-state index in [2.05, 4.69) is 10.5 Å². The van der Waals surface area contributed by atoms with Gasteiger partial charge in [-0.15, -0.1) is 0 Å². The van der Waals surface area contributed by atoms with Gasteiger partial charge in [-0.25, -0.2) is 0 Å². The number of aryl methyl sites for hydroxylation is 1. The molecule has 3 rings (SSSR count). The first-order valence-electron chi connectivity index (χ1n) is 7.85. The monoisotopic (exact) mass is 329 g/mol. The van der Waals surface area contributed by atoms with Crippen molar-refractivity contribution in [3.63, 3.8) is 0 Å². The summed E-state index contributed by atoms with van der Waals surface area (Å²) >= 11 is 0. The maximum absolute atomic E-state index is 12.4. The maximum Gasteiger partial charge on any atom is 0.273 e. The molecule has 1 aromatic heterocycles. The predicted molar refractivity (Wildman–Crippen MR) is 85.7 cm³/mol. The van der Waals surface area contributed by atoms with E-state index in [1.165, 1.54) is 12.1 Å². The molecular weight excluding hydrogens is 310 g/mol. The van der Waals surface area contributed by atoms with E-state index in [0.717, 1.165) is 0 Å². The molecule has 0 radical (unpaired) electrons. The SMILES string of the molecule is Cc1cc(C(=O)NC2CCN(C(=O)c3cccc(O)c3)CC2)no1. The molecule has 0 bridgehead atoms. The van der Waals surface area contributed by atoms with Gasteiger partial charge in [0, 0.05) is 30.8 Å². The van der Waals surface area contributed by atoms with Gasteiger partial charge in [-0.2, -0.15) is 0 Å². The second-order valence-corrected chi connectivity index (χ2v) is 5.91. The highest BCUT2D eigenvalue weighted by Gasteiger charge is 2.25. The number of nitrogens with one attached hydrogen (secondary N) is 1. The lowest BCUT2D eigenvalue weighted by Crippen LogP contribution is -2.46. The highest BCUT2D eigenvalue weighted by Crippen LogP contribution is 2.17. The molecule has 2 heterocycles. The average Bonchev–Trinajstić information content (AvgIpc) is 3.01. The summed E-state index contributed by atoms with van der Waals surface area (Å²) in [7, 11) is 0. The molecular formula is C17H19N3O4. The number of rotatable bonds is 3. The van der Waals surface area contributed by atoms with Gasteiger partial charge in [-0.3, -0.25) is 9.59 Å². The van der Waals surface area contributed by atoms with Crippen molar-refractivity contribution >= 4 is 11.8 Å². The molecule has 0 spiro atoms. The number of aromatic nitrogens is 1. The molecule has 0 unspecified atom stereocenters. The Hall–Kier alpha value is -2.83. The summed E-state index contributed by atoms with van der Waals surface area (Å²) in [5.41, 5.74) is 0.737. The van der Waals surface area contributed by atoms with E-state index >= 15 is 0 Å². The highest BCUT2D eigenvalue weighted by molar-refractivity contribution is 5.95. The Labute approximate surface area is 139 Å². The van der Waals surface area contributed by atoms with E-state index in [0.29, 0.717) is 37.3 Å². The highest BCUT2D eigenvalue weighted by atomic mass is 16.5. The van der Waals surface area contributed by atoms with Crippen LogP contribution in [0.3, 0.4) is 0 Å². The van der Waals surface area contributed by atoms with Gasteiger partial charge in [0.2, 0.25) is 0 Å². The third-order valence-electron chi connectivity index (χ3n) is 4.07. The number of hydrogen-bond donors (Lipinski definition) is 2. The number of amides is 2. The summed E-state index contributed by atoms with van der Waals surface area (Å²) in [6.07, 6.45) is 1.35. The minimum absolute atomic E-state index is 0.00253. The molecule has 1 fully saturated rings. The Morgan fingerprint density at radius 2 is 2.04 bits per heavy atom. The van der Waals surface area contributed by atoms with E-state index in [9.17, 15) is 14.7 Å². The van der Waals surface area contributed by atoms with Crippen LogP contribution in [-0.2, 0) is 0 Å². The Bertz CT molecular complexity index is 748. The Morgan fingerprint density at radius 3 is 2.67 bits per heavy atom. The molecule has 1 aliphatic heterocycles. The zero-order valence-corrected chi connectivity index (χ0v) is 13.4. The van der Waals surface area contributed by atoms with Crippen LogP contribution in [-0.4, -0.2) is 46.1 Å². The lowest BCUT2D eigenvalue weighted by molar-refractivity contribution is 0.0697. The van der Waals surface area contributed by atoms with E-state index < -0.39 is 0 Å². The van der Waals surface area contributed by atoms with Crippen LogP contribution in [0.5, 0.6) is 5.75 Å². The fourth-order valence-electron chi connectivity index (χ4n) is 2.78. The number of nitrogens with zero attached hydrogens (tertiary/aromatic N) is 2. The number of carbonyl (C=O) groups excluding carboxylic acids is 2. The standard InChI is InChI=1S/C17H19N3O4/c1-11-9-15(19-24-11)16(22)18-13-5-7-20(8-6-13)17(23)12-3-2-4-14(21)10-12/h2-4,9-10,13,21H,5-8H2,1H3,(H,18,22). The summed E-state index contributed by atoms with van der Waals surface area (Å²) in [5, 5.41) is 16.1. The number of piperidine rings is 1. The molecule has 2 aromatic rings. The second kappa shape index (κ2) is 6.74. The second-order valence-electron chi connectivity index (χ2n) is 5.91. The number of phenolic OH excluding ortho intramolecular Hbond substituents is 1. The fourth-order valence-corrected chi connectivity index (χ4v) is 2.78. The quantitative estimate of drug-likeness (QED) is 0.894. The number of benzene rings is 1. The maximum atomic E-state index is 12.4. The fraction of sp³-hybridized carbons (Fsp3) is 0.353. The van der Waals surface area contributed by atoms with Crippen LogP contribution >= 0.6 is 0 Å². The molecule has 1 aromatic carbocycles. The molecule has 7 heteroatoms. The minimum Gasteiger partial charge on any atom is -0.508 e. The number of hydrogen-bond acceptors (Lipinski definition) is 5. The number of phenols is 1. The first-order valence-corrected chi connectivity index (χ1v) is 7.85. The van der Waals surface area contributed by atoms with Gasteiger partial charge in [0.15, 0.2) is 5.69 Å². The molecule has 0 saturated carbocycles. The molecule has 2 amide bonds. The van der Waals surface area contributed by atoms with Crippen molar-refractivity contribution in [1.29, 1.82) is 0 Å². The average molecular weight is 329 g/mol. The third-order valence-corrected chi connectivity index (χ3v) is 4.07. The van der Waals surface area contributed by atoms with Gasteiger partial charge < -0.3 is 19.8 Å². The van der Waals surface area contributed by atoms with Crippen molar-refractivity contribution < 1.29 is 19.2 Å². The van der Waals surface area contributed by atoms with E-state index in [1.807, 2.05) is 0 Å². The molecule has 7 nitrogen and oxygen atoms in total.